The number of rotatable bonds is 4. The third-order valence-electron chi connectivity index (χ3n) is 4.55. The average Bonchev–Trinajstić information content (AvgIpc) is 2.73. The molecule has 4 rings (SSSR count). The van der Waals surface area contributed by atoms with Crippen molar-refractivity contribution in [3.63, 3.8) is 0 Å². The zero-order chi connectivity index (χ0) is 18.8. The fraction of sp³-hybridized carbons (Fsp3) is 0. The maximum Gasteiger partial charge on any atom is 0.161 e. The van der Waals surface area contributed by atoms with Crippen molar-refractivity contribution >= 4 is 34.5 Å². The maximum atomic E-state index is 6.28. The van der Waals surface area contributed by atoms with Crippen LogP contribution in [0.4, 0.5) is 0 Å². The van der Waals surface area contributed by atoms with Gasteiger partial charge in [0.2, 0.25) is 0 Å². The smallest absolute Gasteiger partial charge is 0.161 e. The van der Waals surface area contributed by atoms with Crippen molar-refractivity contribution in [1.29, 1.82) is 0 Å². The van der Waals surface area contributed by atoms with Gasteiger partial charge in [0.05, 0.1) is 5.69 Å². The Morgan fingerprint density at radius 2 is 1.37 bits per heavy atom. The van der Waals surface area contributed by atoms with Crippen LogP contribution in [0.3, 0.4) is 0 Å². The standard InChI is InChI=1S/C24H17ClN2/c1-3-21-22(4-2)26-24(27-23(21)25)18-12-9-17(10-13-18)20-14-11-16-7-5-6-8-19(16)15-20/h3-15H,1-2H2. The van der Waals surface area contributed by atoms with Crippen molar-refractivity contribution in [2.45, 2.75) is 0 Å². The van der Waals surface area contributed by atoms with Gasteiger partial charge < -0.3 is 0 Å². The highest BCUT2D eigenvalue weighted by atomic mass is 35.5. The molecule has 0 bridgehead atoms. The highest BCUT2D eigenvalue weighted by Crippen LogP contribution is 2.28. The Morgan fingerprint density at radius 1 is 0.704 bits per heavy atom. The van der Waals surface area contributed by atoms with Crippen LogP contribution in [0.5, 0.6) is 0 Å². The molecule has 27 heavy (non-hydrogen) atoms. The first-order valence-electron chi connectivity index (χ1n) is 8.61. The molecule has 0 spiro atoms. The molecule has 2 nitrogen and oxygen atoms in total. The Balaban J connectivity index is 1.72. The molecule has 0 fully saturated rings. The van der Waals surface area contributed by atoms with E-state index in [2.05, 4.69) is 77.7 Å². The largest absolute Gasteiger partial charge is 0.228 e. The number of aromatic nitrogens is 2. The van der Waals surface area contributed by atoms with E-state index in [-0.39, 0.29) is 0 Å². The minimum Gasteiger partial charge on any atom is -0.228 e. The van der Waals surface area contributed by atoms with Gasteiger partial charge in [-0.25, -0.2) is 9.97 Å². The van der Waals surface area contributed by atoms with Gasteiger partial charge in [0.25, 0.3) is 0 Å². The molecule has 0 N–H and O–H groups in total. The van der Waals surface area contributed by atoms with E-state index in [1.165, 1.54) is 16.3 Å². The molecule has 0 saturated heterocycles. The molecule has 0 aliphatic rings. The highest BCUT2D eigenvalue weighted by Gasteiger charge is 2.10. The van der Waals surface area contributed by atoms with Gasteiger partial charge in [-0.15, -0.1) is 0 Å². The van der Waals surface area contributed by atoms with Crippen LogP contribution in [0, 0.1) is 0 Å². The monoisotopic (exact) mass is 368 g/mol. The van der Waals surface area contributed by atoms with Crippen molar-refractivity contribution in [2.24, 2.45) is 0 Å². The van der Waals surface area contributed by atoms with E-state index in [0.717, 1.165) is 11.1 Å². The van der Waals surface area contributed by atoms with Gasteiger partial charge in [0.1, 0.15) is 5.15 Å². The zero-order valence-electron chi connectivity index (χ0n) is 14.7. The van der Waals surface area contributed by atoms with Crippen LogP contribution in [0.1, 0.15) is 11.3 Å². The van der Waals surface area contributed by atoms with Gasteiger partial charge in [-0.1, -0.05) is 91.5 Å². The summed E-state index contributed by atoms with van der Waals surface area (Å²) in [6.07, 6.45) is 3.31. The fourth-order valence-electron chi connectivity index (χ4n) is 3.11. The lowest BCUT2D eigenvalue weighted by atomic mass is 10.00. The number of benzene rings is 3. The number of nitrogens with zero attached hydrogens (tertiary/aromatic N) is 2. The lowest BCUT2D eigenvalue weighted by molar-refractivity contribution is 1.15. The Kier molecular flexibility index (Phi) is 4.57. The van der Waals surface area contributed by atoms with Crippen molar-refractivity contribution in [3.05, 3.63) is 96.3 Å². The van der Waals surface area contributed by atoms with Crippen LogP contribution in [0.25, 0.3) is 45.4 Å². The van der Waals surface area contributed by atoms with Crippen molar-refractivity contribution in [3.8, 4) is 22.5 Å². The molecule has 0 aliphatic heterocycles. The minimum atomic E-state index is 0.378. The molecule has 0 unspecified atom stereocenters. The first kappa shape index (κ1) is 17.2. The molecule has 130 valence electrons. The molecule has 1 heterocycles. The van der Waals surface area contributed by atoms with Crippen LogP contribution < -0.4 is 0 Å². The third kappa shape index (κ3) is 3.27. The Morgan fingerprint density at radius 3 is 2.07 bits per heavy atom. The molecule has 1 aromatic heterocycles. The lowest BCUT2D eigenvalue weighted by Gasteiger charge is -2.08. The molecule has 3 heteroatoms. The van der Waals surface area contributed by atoms with Crippen molar-refractivity contribution in [2.75, 3.05) is 0 Å². The topological polar surface area (TPSA) is 25.8 Å². The summed E-state index contributed by atoms with van der Waals surface area (Å²) in [5, 5.41) is 2.84. The van der Waals surface area contributed by atoms with Gasteiger partial charge in [-0.05, 0) is 34.0 Å². The highest BCUT2D eigenvalue weighted by molar-refractivity contribution is 6.31. The second kappa shape index (κ2) is 7.18. The Hall–Kier alpha value is -3.23. The number of hydrogen-bond donors (Lipinski definition) is 0. The quantitative estimate of drug-likeness (QED) is 0.366. The van der Waals surface area contributed by atoms with E-state index in [0.29, 0.717) is 22.2 Å². The first-order valence-corrected chi connectivity index (χ1v) is 8.99. The summed E-state index contributed by atoms with van der Waals surface area (Å²) in [6, 6.07) is 23.0. The summed E-state index contributed by atoms with van der Waals surface area (Å²) in [5.41, 5.74) is 4.59. The molecule has 0 amide bonds. The van der Waals surface area contributed by atoms with Crippen LogP contribution in [0.2, 0.25) is 5.15 Å². The van der Waals surface area contributed by atoms with Crippen molar-refractivity contribution in [1.82, 2.24) is 9.97 Å². The predicted molar refractivity (Wildman–Crippen MR) is 116 cm³/mol. The Labute approximate surface area is 163 Å². The molecule has 0 atom stereocenters. The van der Waals surface area contributed by atoms with E-state index >= 15 is 0 Å². The molecule has 0 radical (unpaired) electrons. The normalized spacial score (nSPS) is 10.7. The number of hydrogen-bond acceptors (Lipinski definition) is 2. The molecular formula is C24H17ClN2. The summed E-state index contributed by atoms with van der Waals surface area (Å²) in [5.74, 6) is 0.575. The first-order chi connectivity index (χ1) is 13.2. The summed E-state index contributed by atoms with van der Waals surface area (Å²) in [6.45, 7) is 7.55. The molecule has 0 aliphatic carbocycles. The molecule has 4 aromatic rings. The fourth-order valence-corrected chi connectivity index (χ4v) is 3.37. The third-order valence-corrected chi connectivity index (χ3v) is 4.84. The number of halogens is 1. The second-order valence-corrected chi connectivity index (χ2v) is 6.54. The van der Waals surface area contributed by atoms with E-state index in [1.54, 1.807) is 12.2 Å². The van der Waals surface area contributed by atoms with Gasteiger partial charge in [0.15, 0.2) is 5.82 Å². The van der Waals surface area contributed by atoms with Gasteiger partial charge >= 0.3 is 0 Å². The van der Waals surface area contributed by atoms with Crippen LogP contribution in [-0.2, 0) is 0 Å². The molecule has 3 aromatic carbocycles. The summed E-state index contributed by atoms with van der Waals surface area (Å²) < 4.78 is 0. The molecule has 0 saturated carbocycles. The van der Waals surface area contributed by atoms with Gasteiger partial charge in [-0.3, -0.25) is 0 Å². The van der Waals surface area contributed by atoms with Crippen LogP contribution >= 0.6 is 11.6 Å². The Bertz CT molecular complexity index is 1160. The van der Waals surface area contributed by atoms with Crippen LogP contribution in [-0.4, -0.2) is 9.97 Å². The predicted octanol–water partition coefficient (Wildman–Crippen LogP) is 6.90. The van der Waals surface area contributed by atoms with E-state index in [4.69, 9.17) is 11.6 Å². The SMILES string of the molecule is C=Cc1nc(-c2ccc(-c3ccc4ccccc4c3)cc2)nc(Cl)c1C=C. The van der Waals surface area contributed by atoms with Gasteiger partial charge in [0, 0.05) is 11.1 Å². The van der Waals surface area contributed by atoms with E-state index < -0.39 is 0 Å². The zero-order valence-corrected chi connectivity index (χ0v) is 15.4. The van der Waals surface area contributed by atoms with Crippen LogP contribution in [0.15, 0.2) is 79.9 Å². The summed E-state index contributed by atoms with van der Waals surface area (Å²) in [7, 11) is 0. The van der Waals surface area contributed by atoms with E-state index in [1.807, 2.05) is 12.1 Å². The molecular weight excluding hydrogens is 352 g/mol. The average molecular weight is 369 g/mol. The lowest BCUT2D eigenvalue weighted by Crippen LogP contribution is -1.96. The van der Waals surface area contributed by atoms with Gasteiger partial charge in [-0.2, -0.15) is 0 Å². The van der Waals surface area contributed by atoms with E-state index in [9.17, 15) is 0 Å². The van der Waals surface area contributed by atoms with Crippen molar-refractivity contribution < 1.29 is 0 Å². The summed E-state index contributed by atoms with van der Waals surface area (Å²) in [4.78, 5) is 8.95. The minimum absolute atomic E-state index is 0.378. The maximum absolute atomic E-state index is 6.28. The summed E-state index contributed by atoms with van der Waals surface area (Å²) >= 11 is 6.28. The number of fused-ring (bicyclic) bond motifs is 1. The second-order valence-electron chi connectivity index (χ2n) is 6.18.